The molecular weight excluding hydrogens is 262 g/mol. The van der Waals surface area contributed by atoms with Crippen molar-refractivity contribution in [3.8, 4) is 0 Å². The summed E-state index contributed by atoms with van der Waals surface area (Å²) in [5.41, 5.74) is 9.67. The number of rotatable bonds is 3. The molecule has 0 aliphatic carbocycles. The Bertz CT molecular complexity index is 584. The van der Waals surface area contributed by atoms with Gasteiger partial charge in [0.15, 0.2) is 9.84 Å². The molecule has 2 heterocycles. The highest BCUT2D eigenvalue weighted by molar-refractivity contribution is 7.91. The topological polar surface area (TPSA) is 76.3 Å². The van der Waals surface area contributed by atoms with Gasteiger partial charge in [-0.2, -0.15) is 0 Å². The standard InChI is InChI=1S/C13H21N3O2S/c1-9-6-15-12(10(2)13(9)14)7-16(3)11-4-5-19(17,18)8-11/h6,11H,4-5,7-8H2,1-3H3,(H2,14,15). The van der Waals surface area contributed by atoms with E-state index in [0.717, 1.165) is 22.5 Å². The van der Waals surface area contributed by atoms with Gasteiger partial charge in [0, 0.05) is 24.5 Å². The molecule has 0 bridgehead atoms. The van der Waals surface area contributed by atoms with Crippen molar-refractivity contribution in [1.82, 2.24) is 9.88 Å². The molecule has 0 spiro atoms. The van der Waals surface area contributed by atoms with Gasteiger partial charge >= 0.3 is 0 Å². The van der Waals surface area contributed by atoms with Crippen molar-refractivity contribution in [2.24, 2.45) is 0 Å². The van der Waals surface area contributed by atoms with Gasteiger partial charge in [-0.3, -0.25) is 9.88 Å². The molecule has 19 heavy (non-hydrogen) atoms. The van der Waals surface area contributed by atoms with Crippen LogP contribution in [0.3, 0.4) is 0 Å². The third-order valence-corrected chi connectivity index (χ3v) is 5.66. The van der Waals surface area contributed by atoms with Gasteiger partial charge < -0.3 is 5.73 Å². The average Bonchev–Trinajstić information content (AvgIpc) is 2.70. The quantitative estimate of drug-likeness (QED) is 0.892. The zero-order valence-corrected chi connectivity index (χ0v) is 12.5. The Morgan fingerprint density at radius 1 is 1.47 bits per heavy atom. The molecule has 2 rings (SSSR count). The lowest BCUT2D eigenvalue weighted by atomic mass is 10.1. The van der Waals surface area contributed by atoms with Crippen LogP contribution in [-0.2, 0) is 16.4 Å². The highest BCUT2D eigenvalue weighted by Crippen LogP contribution is 2.22. The van der Waals surface area contributed by atoms with Gasteiger partial charge in [-0.25, -0.2) is 8.42 Å². The second-order valence-electron chi connectivity index (χ2n) is 5.40. The predicted molar refractivity (Wildman–Crippen MR) is 76.6 cm³/mol. The number of sulfone groups is 1. The molecule has 106 valence electrons. The SMILES string of the molecule is Cc1cnc(CN(C)C2CCS(=O)(=O)C2)c(C)c1N. The van der Waals surface area contributed by atoms with E-state index in [4.69, 9.17) is 5.73 Å². The van der Waals surface area contributed by atoms with Gasteiger partial charge in [0.05, 0.1) is 17.2 Å². The summed E-state index contributed by atoms with van der Waals surface area (Å²) in [5.74, 6) is 0.550. The number of anilines is 1. The van der Waals surface area contributed by atoms with E-state index in [1.165, 1.54) is 0 Å². The van der Waals surface area contributed by atoms with E-state index >= 15 is 0 Å². The zero-order valence-electron chi connectivity index (χ0n) is 11.7. The van der Waals surface area contributed by atoms with Crippen molar-refractivity contribution in [2.45, 2.75) is 32.9 Å². The first kappa shape index (κ1) is 14.3. The van der Waals surface area contributed by atoms with Crippen LogP contribution in [0.15, 0.2) is 6.20 Å². The van der Waals surface area contributed by atoms with Crippen LogP contribution in [0.4, 0.5) is 5.69 Å². The van der Waals surface area contributed by atoms with Gasteiger partial charge in [0.25, 0.3) is 0 Å². The number of nitrogen functional groups attached to an aromatic ring is 1. The molecule has 1 aliphatic heterocycles. The highest BCUT2D eigenvalue weighted by atomic mass is 32.2. The summed E-state index contributed by atoms with van der Waals surface area (Å²) in [6.45, 7) is 4.53. The lowest BCUT2D eigenvalue weighted by molar-refractivity contribution is 0.250. The summed E-state index contributed by atoms with van der Waals surface area (Å²) >= 11 is 0. The summed E-state index contributed by atoms with van der Waals surface area (Å²) in [7, 11) is -0.897. The van der Waals surface area contributed by atoms with E-state index in [1.807, 2.05) is 20.9 Å². The first-order valence-corrected chi connectivity index (χ1v) is 8.23. The Labute approximate surface area is 114 Å². The molecule has 1 aromatic rings. The maximum absolute atomic E-state index is 11.5. The van der Waals surface area contributed by atoms with Crippen LogP contribution in [-0.4, -0.2) is 42.9 Å². The van der Waals surface area contributed by atoms with E-state index in [9.17, 15) is 8.42 Å². The second kappa shape index (κ2) is 5.09. The Morgan fingerprint density at radius 3 is 2.74 bits per heavy atom. The van der Waals surface area contributed by atoms with E-state index in [1.54, 1.807) is 6.20 Å². The van der Waals surface area contributed by atoms with Crippen molar-refractivity contribution in [2.75, 3.05) is 24.3 Å². The lowest BCUT2D eigenvalue weighted by Crippen LogP contribution is -2.32. The molecule has 6 heteroatoms. The Balaban J connectivity index is 2.12. The van der Waals surface area contributed by atoms with E-state index in [0.29, 0.717) is 18.7 Å². The summed E-state index contributed by atoms with van der Waals surface area (Å²) in [6, 6.07) is 0.0914. The Hall–Kier alpha value is -1.14. The van der Waals surface area contributed by atoms with Crippen LogP contribution in [0.25, 0.3) is 0 Å². The molecule has 1 unspecified atom stereocenters. The fourth-order valence-corrected chi connectivity index (χ4v) is 4.25. The average molecular weight is 283 g/mol. The number of hydrogen-bond donors (Lipinski definition) is 1. The fraction of sp³-hybridized carbons (Fsp3) is 0.615. The minimum absolute atomic E-state index is 0.0914. The maximum atomic E-state index is 11.5. The zero-order chi connectivity index (χ0) is 14.2. The number of pyridine rings is 1. The molecule has 0 saturated carbocycles. The van der Waals surface area contributed by atoms with Crippen LogP contribution >= 0.6 is 0 Å². The molecule has 2 N–H and O–H groups in total. The van der Waals surface area contributed by atoms with Crippen LogP contribution < -0.4 is 5.73 Å². The van der Waals surface area contributed by atoms with Crippen molar-refractivity contribution in [1.29, 1.82) is 0 Å². The monoisotopic (exact) mass is 283 g/mol. The molecular formula is C13H21N3O2S. The van der Waals surface area contributed by atoms with Crippen LogP contribution in [0.1, 0.15) is 23.2 Å². The largest absolute Gasteiger partial charge is 0.398 e. The third kappa shape index (κ3) is 3.06. The van der Waals surface area contributed by atoms with Crippen molar-refractivity contribution >= 4 is 15.5 Å². The first-order chi connectivity index (χ1) is 8.80. The van der Waals surface area contributed by atoms with Crippen molar-refractivity contribution in [3.63, 3.8) is 0 Å². The molecule has 1 aromatic heterocycles. The van der Waals surface area contributed by atoms with E-state index < -0.39 is 9.84 Å². The Kier molecular flexibility index (Phi) is 3.82. The Morgan fingerprint density at radius 2 is 2.16 bits per heavy atom. The molecule has 5 nitrogen and oxygen atoms in total. The highest BCUT2D eigenvalue weighted by Gasteiger charge is 2.30. The van der Waals surface area contributed by atoms with E-state index in [2.05, 4.69) is 9.88 Å². The molecule has 0 aromatic carbocycles. The van der Waals surface area contributed by atoms with Gasteiger partial charge in [0.1, 0.15) is 0 Å². The molecule has 0 radical (unpaired) electrons. The summed E-state index contributed by atoms with van der Waals surface area (Å²) < 4.78 is 23.0. The molecule has 0 amide bonds. The van der Waals surface area contributed by atoms with Gasteiger partial charge in [0.2, 0.25) is 0 Å². The van der Waals surface area contributed by atoms with Gasteiger partial charge in [-0.1, -0.05) is 0 Å². The number of hydrogen-bond acceptors (Lipinski definition) is 5. The fourth-order valence-electron chi connectivity index (χ4n) is 2.44. The molecule has 1 saturated heterocycles. The third-order valence-electron chi connectivity index (χ3n) is 3.91. The molecule has 1 aliphatic rings. The van der Waals surface area contributed by atoms with Gasteiger partial charge in [-0.15, -0.1) is 0 Å². The molecule has 1 atom stereocenters. The van der Waals surface area contributed by atoms with E-state index in [-0.39, 0.29) is 11.8 Å². The predicted octanol–water partition coefficient (Wildman–Crippen LogP) is 0.900. The normalized spacial score (nSPS) is 22.0. The lowest BCUT2D eigenvalue weighted by Gasteiger charge is -2.23. The second-order valence-corrected chi connectivity index (χ2v) is 7.63. The number of aromatic nitrogens is 1. The first-order valence-electron chi connectivity index (χ1n) is 6.41. The number of nitrogens with zero attached hydrogens (tertiary/aromatic N) is 2. The summed E-state index contributed by atoms with van der Waals surface area (Å²) in [5, 5.41) is 0. The minimum Gasteiger partial charge on any atom is -0.398 e. The van der Waals surface area contributed by atoms with Crippen LogP contribution in [0.2, 0.25) is 0 Å². The molecule has 1 fully saturated rings. The van der Waals surface area contributed by atoms with Crippen LogP contribution in [0.5, 0.6) is 0 Å². The smallest absolute Gasteiger partial charge is 0.151 e. The van der Waals surface area contributed by atoms with Gasteiger partial charge in [-0.05, 0) is 38.4 Å². The summed E-state index contributed by atoms with van der Waals surface area (Å²) in [6.07, 6.45) is 2.48. The number of aryl methyl sites for hydroxylation is 1. The van der Waals surface area contributed by atoms with Crippen LogP contribution in [0, 0.1) is 13.8 Å². The van der Waals surface area contributed by atoms with Crippen molar-refractivity contribution < 1.29 is 8.42 Å². The number of nitrogens with two attached hydrogens (primary N) is 1. The minimum atomic E-state index is -2.84. The maximum Gasteiger partial charge on any atom is 0.151 e. The summed E-state index contributed by atoms with van der Waals surface area (Å²) in [4.78, 5) is 6.48. The van der Waals surface area contributed by atoms with Crippen molar-refractivity contribution in [3.05, 3.63) is 23.0 Å².